The smallest absolute Gasteiger partial charge is 0.404 e. The largest absolute Gasteiger partial charge is 0.433 e. The Labute approximate surface area is 87.3 Å². The average Bonchev–Trinajstić information content (AvgIpc) is 2.50. The van der Waals surface area contributed by atoms with Crippen LogP contribution < -0.4 is 5.48 Å². The molecule has 1 aromatic heterocycles. The Morgan fingerprint density at radius 3 is 2.67 bits per heavy atom. The van der Waals surface area contributed by atoms with Crippen LogP contribution in [-0.4, -0.2) is 10.5 Å². The first kappa shape index (κ1) is 11.7. The van der Waals surface area contributed by atoms with Crippen molar-refractivity contribution in [2.24, 2.45) is 0 Å². The number of hydroxylamine groups is 1. The van der Waals surface area contributed by atoms with Crippen molar-refractivity contribution in [1.82, 2.24) is 5.48 Å². The lowest BCUT2D eigenvalue weighted by atomic mass is 10.2. The van der Waals surface area contributed by atoms with Crippen molar-refractivity contribution < 1.29 is 14.2 Å². The summed E-state index contributed by atoms with van der Waals surface area (Å²) in [6, 6.07) is 2.85. The maximum Gasteiger partial charge on any atom is 0.433 e. The normalized spacial score (nSPS) is 11.7. The van der Waals surface area contributed by atoms with Gasteiger partial charge in [0.15, 0.2) is 0 Å². The summed E-state index contributed by atoms with van der Waals surface area (Å²) >= 11 is 0. The van der Waals surface area contributed by atoms with E-state index in [1.54, 1.807) is 0 Å². The van der Waals surface area contributed by atoms with Gasteiger partial charge in [-0.05, 0) is 26.8 Å². The lowest BCUT2D eigenvalue weighted by molar-refractivity contribution is -0.402. The molecule has 0 saturated carbocycles. The molecule has 84 valence electrons. The molecule has 0 amide bonds. The Morgan fingerprint density at radius 2 is 2.20 bits per heavy atom. The molecule has 0 aromatic carbocycles. The molecule has 0 unspecified atom stereocenters. The molecule has 0 aliphatic rings. The number of nitrogens with zero attached hydrogens (tertiary/aromatic N) is 1. The Morgan fingerprint density at radius 1 is 1.53 bits per heavy atom. The zero-order valence-electron chi connectivity index (χ0n) is 8.94. The molecule has 6 heteroatoms. The highest BCUT2D eigenvalue weighted by molar-refractivity contribution is 5.17. The van der Waals surface area contributed by atoms with Crippen LogP contribution in [0, 0.1) is 10.1 Å². The Hall–Kier alpha value is -1.40. The summed E-state index contributed by atoms with van der Waals surface area (Å²) in [6.45, 7) is 5.98. The molecule has 1 N–H and O–H groups in total. The van der Waals surface area contributed by atoms with Crippen molar-refractivity contribution in [3.8, 4) is 0 Å². The van der Waals surface area contributed by atoms with Gasteiger partial charge < -0.3 is 4.42 Å². The van der Waals surface area contributed by atoms with E-state index >= 15 is 0 Å². The summed E-state index contributed by atoms with van der Waals surface area (Å²) in [5.74, 6) is 0.202. The zero-order valence-corrected chi connectivity index (χ0v) is 8.94. The molecule has 1 rings (SSSR count). The number of hydrogen-bond donors (Lipinski definition) is 1. The summed E-state index contributed by atoms with van der Waals surface area (Å²) in [7, 11) is 0. The van der Waals surface area contributed by atoms with Gasteiger partial charge in [0.25, 0.3) is 0 Å². The molecular formula is C9H14N2O4. The van der Waals surface area contributed by atoms with Crippen molar-refractivity contribution in [1.29, 1.82) is 0 Å². The first-order chi connectivity index (χ1) is 6.88. The van der Waals surface area contributed by atoms with Gasteiger partial charge >= 0.3 is 5.88 Å². The molecule has 1 heterocycles. The SMILES string of the molecule is CC(C)(C)ONCc1ccc([N+](=O)[O-])o1. The summed E-state index contributed by atoms with van der Waals surface area (Å²) in [6.07, 6.45) is 0. The minimum atomic E-state index is -0.575. The van der Waals surface area contributed by atoms with Crippen LogP contribution in [0.4, 0.5) is 5.88 Å². The minimum Gasteiger partial charge on any atom is -0.404 e. The second-order valence-electron chi connectivity index (χ2n) is 4.03. The fraction of sp³-hybridized carbons (Fsp3) is 0.556. The number of nitrogens with one attached hydrogen (secondary N) is 1. The second kappa shape index (κ2) is 4.41. The van der Waals surface area contributed by atoms with Gasteiger partial charge in [-0.15, -0.1) is 0 Å². The second-order valence-corrected chi connectivity index (χ2v) is 4.03. The third kappa shape index (κ3) is 4.09. The first-order valence-electron chi connectivity index (χ1n) is 4.52. The molecule has 0 saturated heterocycles. The van der Waals surface area contributed by atoms with E-state index in [4.69, 9.17) is 9.25 Å². The molecule has 0 bridgehead atoms. The number of hydrogen-bond acceptors (Lipinski definition) is 5. The van der Waals surface area contributed by atoms with Crippen LogP contribution in [-0.2, 0) is 11.4 Å². The van der Waals surface area contributed by atoms with E-state index in [1.807, 2.05) is 20.8 Å². The van der Waals surface area contributed by atoms with E-state index in [9.17, 15) is 10.1 Å². The van der Waals surface area contributed by atoms with Crippen LogP contribution in [0.15, 0.2) is 16.5 Å². The van der Waals surface area contributed by atoms with Crippen molar-refractivity contribution in [2.45, 2.75) is 32.9 Å². The molecule has 0 radical (unpaired) electrons. The molecule has 1 aromatic rings. The van der Waals surface area contributed by atoms with Crippen LogP contribution in [0.1, 0.15) is 26.5 Å². The Kier molecular flexibility index (Phi) is 3.43. The van der Waals surface area contributed by atoms with Gasteiger partial charge in [-0.25, -0.2) is 0 Å². The summed E-state index contributed by atoms with van der Waals surface area (Å²) in [5.41, 5.74) is 2.37. The predicted molar refractivity (Wildman–Crippen MR) is 53.0 cm³/mol. The van der Waals surface area contributed by atoms with Crippen LogP contribution in [0.3, 0.4) is 0 Å². The maximum atomic E-state index is 10.3. The lowest BCUT2D eigenvalue weighted by Gasteiger charge is -2.18. The fourth-order valence-electron chi connectivity index (χ4n) is 0.883. The summed E-state index contributed by atoms with van der Waals surface area (Å²) in [4.78, 5) is 15.0. The van der Waals surface area contributed by atoms with Crippen LogP contribution in [0.2, 0.25) is 0 Å². The van der Waals surface area contributed by atoms with E-state index < -0.39 is 4.92 Å². The van der Waals surface area contributed by atoms with Gasteiger partial charge in [0, 0.05) is 0 Å². The predicted octanol–water partition coefficient (Wildman–Crippen LogP) is 2.01. The highest BCUT2D eigenvalue weighted by atomic mass is 16.7. The zero-order chi connectivity index (χ0) is 11.5. The van der Waals surface area contributed by atoms with Crippen LogP contribution in [0.25, 0.3) is 0 Å². The fourth-order valence-corrected chi connectivity index (χ4v) is 0.883. The molecule has 0 atom stereocenters. The maximum absolute atomic E-state index is 10.3. The van der Waals surface area contributed by atoms with Gasteiger partial charge in [-0.2, -0.15) is 5.48 Å². The number of nitro groups is 1. The van der Waals surface area contributed by atoms with E-state index in [-0.39, 0.29) is 11.5 Å². The van der Waals surface area contributed by atoms with E-state index in [2.05, 4.69) is 5.48 Å². The van der Waals surface area contributed by atoms with Gasteiger partial charge in [-0.3, -0.25) is 15.0 Å². The van der Waals surface area contributed by atoms with E-state index in [1.165, 1.54) is 12.1 Å². The highest BCUT2D eigenvalue weighted by Crippen LogP contribution is 2.15. The standard InChI is InChI=1S/C9H14N2O4/c1-9(2,3)15-10-6-7-4-5-8(14-7)11(12)13/h4-5,10H,6H2,1-3H3. The third-order valence-corrected chi connectivity index (χ3v) is 1.45. The van der Waals surface area contributed by atoms with Crippen molar-refractivity contribution in [3.63, 3.8) is 0 Å². The third-order valence-electron chi connectivity index (χ3n) is 1.45. The Balaban J connectivity index is 2.41. The van der Waals surface area contributed by atoms with E-state index in [0.29, 0.717) is 12.3 Å². The molecule has 0 fully saturated rings. The van der Waals surface area contributed by atoms with Gasteiger partial charge in [0.05, 0.1) is 18.2 Å². The van der Waals surface area contributed by atoms with Crippen molar-refractivity contribution in [2.75, 3.05) is 0 Å². The number of rotatable bonds is 4. The Bertz CT molecular complexity index is 340. The van der Waals surface area contributed by atoms with Crippen LogP contribution in [0.5, 0.6) is 0 Å². The molecule has 6 nitrogen and oxygen atoms in total. The molecule has 0 spiro atoms. The van der Waals surface area contributed by atoms with Crippen molar-refractivity contribution >= 4 is 5.88 Å². The van der Waals surface area contributed by atoms with Gasteiger partial charge in [-0.1, -0.05) is 0 Å². The average molecular weight is 214 g/mol. The summed E-state index contributed by atoms with van der Waals surface area (Å²) in [5, 5.41) is 10.3. The monoisotopic (exact) mass is 214 g/mol. The first-order valence-corrected chi connectivity index (χ1v) is 4.52. The molecule has 15 heavy (non-hydrogen) atoms. The van der Waals surface area contributed by atoms with Crippen molar-refractivity contribution in [3.05, 3.63) is 28.0 Å². The minimum absolute atomic E-state index is 0.262. The number of furan rings is 1. The van der Waals surface area contributed by atoms with E-state index in [0.717, 1.165) is 0 Å². The van der Waals surface area contributed by atoms with Gasteiger partial charge in [0.1, 0.15) is 10.7 Å². The summed E-state index contributed by atoms with van der Waals surface area (Å²) < 4.78 is 4.92. The topological polar surface area (TPSA) is 77.5 Å². The molecule has 0 aliphatic heterocycles. The quantitative estimate of drug-likeness (QED) is 0.612. The lowest BCUT2D eigenvalue weighted by Crippen LogP contribution is -2.28. The highest BCUT2D eigenvalue weighted by Gasteiger charge is 2.13. The van der Waals surface area contributed by atoms with Crippen LogP contribution >= 0.6 is 0 Å². The van der Waals surface area contributed by atoms with Gasteiger partial charge in [0.2, 0.25) is 0 Å². The molecule has 0 aliphatic carbocycles. The molecular weight excluding hydrogens is 200 g/mol.